The Kier molecular flexibility index (Phi) is 18.3. The molecule has 9 nitrogen and oxygen atoms in total. The van der Waals surface area contributed by atoms with Gasteiger partial charge in [-0.1, -0.05) is 76.9 Å². The van der Waals surface area contributed by atoms with Crippen LogP contribution in [0.3, 0.4) is 0 Å². The second-order valence-corrected chi connectivity index (χ2v) is 11.0. The van der Waals surface area contributed by atoms with Crippen LogP contribution in [0.25, 0.3) is 0 Å². The molecule has 1 unspecified atom stereocenters. The third-order valence-corrected chi connectivity index (χ3v) is 7.31. The second-order valence-electron chi connectivity index (χ2n) is 11.0. The third-order valence-electron chi connectivity index (χ3n) is 7.31. The maximum absolute atomic E-state index is 12.4. The quantitative estimate of drug-likeness (QED) is 0.0956. The van der Waals surface area contributed by atoms with Crippen molar-refractivity contribution in [2.45, 2.75) is 139 Å². The molecule has 0 aromatic carbocycles. The number of aliphatic hydroxyl groups excluding tert-OH is 4. The lowest BCUT2D eigenvalue weighted by atomic mass is 9.88. The maximum Gasteiger partial charge on any atom is 0.282 e. The van der Waals surface area contributed by atoms with Crippen LogP contribution in [0.1, 0.15) is 103 Å². The standard InChI is InChI=1S/C29H56N2O7/c1-4-5-6-7-8-9-10-11-12-13-14-15-16-17-18-19-20-30-25-23(33)21-29(37,28(36)31(2)3)38-27(25)26(35)24(34)22-32/h11-12,23-27,30,32-35,37H,4-10,13-22H2,1-3H3/b12-11-/t23-,24+,25+,26+,27+,29?/m0/s1. The topological polar surface area (TPSA) is 143 Å². The molecule has 1 aliphatic heterocycles. The number of nitrogens with zero attached hydrogens (tertiary/aromatic N) is 1. The lowest BCUT2D eigenvalue weighted by molar-refractivity contribution is -0.291. The van der Waals surface area contributed by atoms with Crippen molar-refractivity contribution >= 4 is 5.91 Å². The number of allylic oxidation sites excluding steroid dienone is 2. The van der Waals surface area contributed by atoms with Crippen LogP contribution < -0.4 is 5.32 Å². The van der Waals surface area contributed by atoms with E-state index in [9.17, 15) is 30.3 Å². The number of rotatable bonds is 21. The zero-order chi connectivity index (χ0) is 28.4. The third kappa shape index (κ3) is 12.9. The van der Waals surface area contributed by atoms with E-state index in [0.717, 1.165) is 30.6 Å². The number of likely N-dealkylation sites (N-methyl/N-ethyl adjacent to an activating group) is 1. The van der Waals surface area contributed by atoms with Crippen LogP contribution in [0.4, 0.5) is 0 Å². The van der Waals surface area contributed by atoms with Crippen LogP contribution in [0, 0.1) is 0 Å². The fourth-order valence-electron chi connectivity index (χ4n) is 4.97. The first-order valence-electron chi connectivity index (χ1n) is 14.8. The first-order chi connectivity index (χ1) is 18.2. The van der Waals surface area contributed by atoms with Crippen molar-refractivity contribution in [3.63, 3.8) is 0 Å². The number of hydrogen-bond donors (Lipinski definition) is 6. The molecule has 1 amide bonds. The highest BCUT2D eigenvalue weighted by Crippen LogP contribution is 2.31. The van der Waals surface area contributed by atoms with Crippen molar-refractivity contribution < 1.29 is 35.1 Å². The second kappa shape index (κ2) is 19.9. The molecule has 0 spiro atoms. The summed E-state index contributed by atoms with van der Waals surface area (Å²) in [5.41, 5.74) is 0. The van der Waals surface area contributed by atoms with Gasteiger partial charge in [0.05, 0.1) is 18.8 Å². The Morgan fingerprint density at radius 1 is 0.974 bits per heavy atom. The van der Waals surface area contributed by atoms with E-state index in [2.05, 4.69) is 24.4 Å². The summed E-state index contributed by atoms with van der Waals surface area (Å²) in [4.78, 5) is 13.6. The van der Waals surface area contributed by atoms with E-state index in [1.165, 1.54) is 78.3 Å². The van der Waals surface area contributed by atoms with Gasteiger partial charge < -0.3 is 40.5 Å². The zero-order valence-corrected chi connectivity index (χ0v) is 24.1. The molecule has 38 heavy (non-hydrogen) atoms. The van der Waals surface area contributed by atoms with Crippen LogP contribution in [-0.2, 0) is 9.53 Å². The minimum Gasteiger partial charge on any atom is -0.394 e. The van der Waals surface area contributed by atoms with Gasteiger partial charge in [-0.25, -0.2) is 0 Å². The van der Waals surface area contributed by atoms with Gasteiger partial charge >= 0.3 is 0 Å². The molecule has 0 bridgehead atoms. The molecule has 1 rings (SSSR count). The predicted molar refractivity (Wildman–Crippen MR) is 149 cm³/mol. The van der Waals surface area contributed by atoms with Crippen molar-refractivity contribution in [2.24, 2.45) is 0 Å². The molecular formula is C29H56N2O7. The van der Waals surface area contributed by atoms with Crippen LogP contribution in [-0.4, -0.2) is 99.8 Å². The number of nitrogens with one attached hydrogen (secondary N) is 1. The van der Waals surface area contributed by atoms with Gasteiger partial charge in [0.1, 0.15) is 18.3 Å². The van der Waals surface area contributed by atoms with Gasteiger partial charge in [-0.05, 0) is 38.6 Å². The fourth-order valence-corrected chi connectivity index (χ4v) is 4.97. The summed E-state index contributed by atoms with van der Waals surface area (Å²) in [5, 5.41) is 54.3. The summed E-state index contributed by atoms with van der Waals surface area (Å²) in [6, 6.07) is -0.815. The van der Waals surface area contributed by atoms with Crippen LogP contribution in [0.2, 0.25) is 0 Å². The molecule has 0 aliphatic carbocycles. The summed E-state index contributed by atoms with van der Waals surface area (Å²) in [5.74, 6) is -3.09. The summed E-state index contributed by atoms with van der Waals surface area (Å²) < 4.78 is 5.56. The number of aliphatic hydroxyl groups is 5. The van der Waals surface area contributed by atoms with E-state index in [1.54, 1.807) is 0 Å². The van der Waals surface area contributed by atoms with Gasteiger partial charge in [-0.15, -0.1) is 0 Å². The fraction of sp³-hybridized carbons (Fsp3) is 0.897. The van der Waals surface area contributed by atoms with E-state index in [-0.39, 0.29) is 6.42 Å². The Morgan fingerprint density at radius 3 is 2.03 bits per heavy atom. The maximum atomic E-state index is 12.4. The number of carbonyl (C=O) groups excluding carboxylic acids is 1. The minimum absolute atomic E-state index is 0.368. The van der Waals surface area contributed by atoms with Crippen molar-refractivity contribution in [1.82, 2.24) is 10.2 Å². The number of amides is 1. The molecule has 224 valence electrons. The average Bonchev–Trinajstić information content (AvgIpc) is 2.89. The Morgan fingerprint density at radius 2 is 1.50 bits per heavy atom. The zero-order valence-electron chi connectivity index (χ0n) is 24.1. The molecule has 0 saturated carbocycles. The molecule has 9 heteroatoms. The summed E-state index contributed by atoms with van der Waals surface area (Å²) >= 11 is 0. The van der Waals surface area contributed by atoms with Crippen LogP contribution >= 0.6 is 0 Å². The van der Waals surface area contributed by atoms with Crippen molar-refractivity contribution in [1.29, 1.82) is 0 Å². The van der Waals surface area contributed by atoms with E-state index in [1.807, 2.05) is 0 Å². The molecule has 1 saturated heterocycles. The van der Waals surface area contributed by atoms with Gasteiger partial charge in [0, 0.05) is 20.5 Å². The number of ether oxygens (including phenoxy) is 1. The van der Waals surface area contributed by atoms with Gasteiger partial charge in [-0.2, -0.15) is 0 Å². The van der Waals surface area contributed by atoms with E-state index < -0.39 is 48.8 Å². The van der Waals surface area contributed by atoms with Gasteiger partial charge in [0.2, 0.25) is 5.79 Å². The van der Waals surface area contributed by atoms with E-state index in [0.29, 0.717) is 6.54 Å². The molecular weight excluding hydrogens is 488 g/mol. The molecule has 0 aromatic rings. The normalized spacial score (nSPS) is 25.5. The van der Waals surface area contributed by atoms with Crippen molar-refractivity contribution in [2.75, 3.05) is 27.2 Å². The molecule has 0 radical (unpaired) electrons. The van der Waals surface area contributed by atoms with Gasteiger partial charge in [0.25, 0.3) is 5.91 Å². The Hall–Kier alpha value is -1.07. The highest BCUT2D eigenvalue weighted by Gasteiger charge is 2.53. The lowest BCUT2D eigenvalue weighted by Gasteiger charge is -2.46. The van der Waals surface area contributed by atoms with Gasteiger partial charge in [0.15, 0.2) is 0 Å². The smallest absolute Gasteiger partial charge is 0.282 e. The SMILES string of the molecule is CCCCCCCC/C=C\CCCCCCCCN[C@H]1[C@H]([C@H](O)[C@H](O)CO)OC(O)(C(=O)N(C)C)C[C@@H]1O. The number of hydrogen-bond acceptors (Lipinski definition) is 8. The lowest BCUT2D eigenvalue weighted by Crippen LogP contribution is -2.67. The van der Waals surface area contributed by atoms with E-state index >= 15 is 0 Å². The monoisotopic (exact) mass is 544 g/mol. The molecule has 6 N–H and O–H groups in total. The van der Waals surface area contributed by atoms with Gasteiger partial charge in [-0.3, -0.25) is 4.79 Å². The first kappa shape index (κ1) is 35.0. The van der Waals surface area contributed by atoms with Crippen LogP contribution in [0.5, 0.6) is 0 Å². The molecule has 1 heterocycles. The summed E-state index contributed by atoms with van der Waals surface area (Å²) in [6.45, 7) is 2.07. The van der Waals surface area contributed by atoms with Crippen molar-refractivity contribution in [3.05, 3.63) is 12.2 Å². The largest absolute Gasteiger partial charge is 0.394 e. The minimum atomic E-state index is -2.33. The van der Waals surface area contributed by atoms with E-state index in [4.69, 9.17) is 4.74 Å². The Labute approximate surface area is 230 Å². The van der Waals surface area contributed by atoms with Crippen molar-refractivity contribution in [3.8, 4) is 0 Å². The molecule has 1 fully saturated rings. The Bertz CT molecular complexity index is 648. The Balaban J connectivity index is 2.29. The molecule has 1 aliphatic rings. The average molecular weight is 545 g/mol. The highest BCUT2D eigenvalue weighted by atomic mass is 16.6. The summed E-state index contributed by atoms with van der Waals surface area (Å²) in [7, 11) is 2.89. The predicted octanol–water partition coefficient (Wildman–Crippen LogP) is 2.62. The number of carbonyl (C=O) groups is 1. The molecule has 0 aromatic heterocycles. The highest BCUT2D eigenvalue weighted by molar-refractivity contribution is 5.83. The summed E-state index contributed by atoms with van der Waals surface area (Å²) in [6.07, 6.45) is 15.6. The first-order valence-corrected chi connectivity index (χ1v) is 14.8. The number of unbranched alkanes of at least 4 members (excludes halogenated alkanes) is 12. The molecule has 6 atom stereocenters. The van der Waals surface area contributed by atoms with Crippen LogP contribution in [0.15, 0.2) is 12.2 Å².